The molecule has 3 unspecified atom stereocenters. The minimum absolute atomic E-state index is 0.326. The molecular weight excluding hydrogens is 150 g/mol. The topological polar surface area (TPSA) is 21.3 Å². The van der Waals surface area contributed by atoms with Gasteiger partial charge in [-0.15, -0.1) is 6.58 Å². The van der Waals surface area contributed by atoms with E-state index < -0.39 is 0 Å². The van der Waals surface area contributed by atoms with E-state index in [0.717, 1.165) is 13.2 Å². The van der Waals surface area contributed by atoms with Crippen molar-refractivity contribution in [3.8, 4) is 0 Å². The standard InChI is InChI=1S/C10H19NO/c1-4-9(11-5-2)10-8(3)6-7-12-10/h4,8-11H,1,5-7H2,2-3H3. The van der Waals surface area contributed by atoms with Gasteiger partial charge in [0.05, 0.1) is 12.1 Å². The Bertz CT molecular complexity index is 147. The van der Waals surface area contributed by atoms with E-state index in [2.05, 4.69) is 25.7 Å². The Labute approximate surface area is 75.0 Å². The zero-order chi connectivity index (χ0) is 8.97. The van der Waals surface area contributed by atoms with Gasteiger partial charge in [0.2, 0.25) is 0 Å². The fourth-order valence-electron chi connectivity index (χ4n) is 1.75. The highest BCUT2D eigenvalue weighted by atomic mass is 16.5. The molecule has 0 aliphatic carbocycles. The third-order valence-corrected chi connectivity index (χ3v) is 2.49. The van der Waals surface area contributed by atoms with Crippen molar-refractivity contribution in [1.82, 2.24) is 5.32 Å². The first-order valence-electron chi connectivity index (χ1n) is 4.77. The van der Waals surface area contributed by atoms with Crippen LogP contribution in [0, 0.1) is 5.92 Å². The Kier molecular flexibility index (Phi) is 3.76. The summed E-state index contributed by atoms with van der Waals surface area (Å²) in [5, 5.41) is 3.36. The zero-order valence-electron chi connectivity index (χ0n) is 8.05. The van der Waals surface area contributed by atoms with E-state index in [4.69, 9.17) is 4.74 Å². The van der Waals surface area contributed by atoms with E-state index in [1.165, 1.54) is 6.42 Å². The number of hydrogen-bond donors (Lipinski definition) is 1. The highest BCUT2D eigenvalue weighted by Crippen LogP contribution is 2.23. The molecule has 2 nitrogen and oxygen atoms in total. The van der Waals surface area contributed by atoms with Crippen LogP contribution in [-0.4, -0.2) is 25.3 Å². The van der Waals surface area contributed by atoms with Crippen LogP contribution in [-0.2, 0) is 4.74 Å². The highest BCUT2D eigenvalue weighted by Gasteiger charge is 2.29. The molecule has 1 rings (SSSR count). The number of hydrogen-bond acceptors (Lipinski definition) is 2. The molecule has 1 fully saturated rings. The number of rotatable bonds is 4. The quantitative estimate of drug-likeness (QED) is 0.645. The molecule has 3 atom stereocenters. The number of ether oxygens (including phenoxy) is 1. The first-order valence-corrected chi connectivity index (χ1v) is 4.77. The van der Waals surface area contributed by atoms with Gasteiger partial charge in [0.25, 0.3) is 0 Å². The van der Waals surface area contributed by atoms with Crippen molar-refractivity contribution >= 4 is 0 Å². The van der Waals surface area contributed by atoms with Gasteiger partial charge in [-0.25, -0.2) is 0 Å². The van der Waals surface area contributed by atoms with Crippen LogP contribution >= 0.6 is 0 Å². The van der Waals surface area contributed by atoms with Gasteiger partial charge < -0.3 is 10.1 Å². The summed E-state index contributed by atoms with van der Waals surface area (Å²) in [5.41, 5.74) is 0. The maximum atomic E-state index is 5.64. The molecule has 1 N–H and O–H groups in total. The lowest BCUT2D eigenvalue weighted by molar-refractivity contribution is 0.0748. The summed E-state index contributed by atoms with van der Waals surface area (Å²) in [6.07, 6.45) is 3.47. The lowest BCUT2D eigenvalue weighted by Gasteiger charge is -2.23. The van der Waals surface area contributed by atoms with Crippen molar-refractivity contribution < 1.29 is 4.74 Å². The van der Waals surface area contributed by atoms with E-state index in [1.807, 2.05) is 6.08 Å². The molecule has 1 heterocycles. The Hall–Kier alpha value is -0.340. The lowest BCUT2D eigenvalue weighted by Crippen LogP contribution is -2.40. The largest absolute Gasteiger partial charge is 0.376 e. The Balaban J connectivity index is 2.46. The zero-order valence-corrected chi connectivity index (χ0v) is 8.05. The lowest BCUT2D eigenvalue weighted by atomic mass is 9.98. The minimum atomic E-state index is 0.326. The second-order valence-corrected chi connectivity index (χ2v) is 3.42. The molecule has 0 saturated carbocycles. The smallest absolute Gasteiger partial charge is 0.0789 e. The second-order valence-electron chi connectivity index (χ2n) is 3.42. The van der Waals surface area contributed by atoms with Crippen molar-refractivity contribution in [2.75, 3.05) is 13.2 Å². The van der Waals surface area contributed by atoms with Gasteiger partial charge in [-0.3, -0.25) is 0 Å². The van der Waals surface area contributed by atoms with Crippen LogP contribution in [0.25, 0.3) is 0 Å². The van der Waals surface area contributed by atoms with Gasteiger partial charge in [0.1, 0.15) is 0 Å². The van der Waals surface area contributed by atoms with Crippen molar-refractivity contribution in [1.29, 1.82) is 0 Å². The molecule has 70 valence electrons. The van der Waals surface area contributed by atoms with E-state index in [-0.39, 0.29) is 0 Å². The summed E-state index contributed by atoms with van der Waals surface area (Å²) < 4.78 is 5.64. The maximum Gasteiger partial charge on any atom is 0.0789 e. The van der Waals surface area contributed by atoms with Crippen LogP contribution in [0.5, 0.6) is 0 Å². The van der Waals surface area contributed by atoms with Crippen LogP contribution in [0.4, 0.5) is 0 Å². The maximum absolute atomic E-state index is 5.64. The van der Waals surface area contributed by atoms with Gasteiger partial charge in [0.15, 0.2) is 0 Å². The van der Waals surface area contributed by atoms with Crippen molar-refractivity contribution in [2.45, 2.75) is 32.4 Å². The molecule has 2 heteroatoms. The average molecular weight is 169 g/mol. The first-order chi connectivity index (χ1) is 5.79. The van der Waals surface area contributed by atoms with Gasteiger partial charge in [-0.1, -0.05) is 19.9 Å². The molecular formula is C10H19NO. The molecule has 1 aliphatic rings. The van der Waals surface area contributed by atoms with Crippen LogP contribution in [0.3, 0.4) is 0 Å². The average Bonchev–Trinajstić information content (AvgIpc) is 2.47. The Morgan fingerprint density at radius 1 is 1.75 bits per heavy atom. The van der Waals surface area contributed by atoms with Crippen LogP contribution in [0.15, 0.2) is 12.7 Å². The predicted molar refractivity (Wildman–Crippen MR) is 51.2 cm³/mol. The fraction of sp³-hybridized carbons (Fsp3) is 0.800. The highest BCUT2D eigenvalue weighted by molar-refractivity contribution is 4.95. The van der Waals surface area contributed by atoms with E-state index >= 15 is 0 Å². The molecule has 0 amide bonds. The first kappa shape index (κ1) is 9.75. The third-order valence-electron chi connectivity index (χ3n) is 2.49. The van der Waals surface area contributed by atoms with Crippen molar-refractivity contribution in [3.05, 3.63) is 12.7 Å². The molecule has 0 aromatic carbocycles. The minimum Gasteiger partial charge on any atom is -0.376 e. The van der Waals surface area contributed by atoms with Crippen LogP contribution in [0.2, 0.25) is 0 Å². The summed E-state index contributed by atoms with van der Waals surface area (Å²) in [7, 11) is 0. The SMILES string of the molecule is C=CC(NCC)C1OCCC1C. The monoisotopic (exact) mass is 169 g/mol. The predicted octanol–water partition coefficient (Wildman–Crippen LogP) is 1.58. The summed E-state index contributed by atoms with van der Waals surface area (Å²) in [4.78, 5) is 0. The number of nitrogens with one attached hydrogen (secondary N) is 1. The molecule has 1 aliphatic heterocycles. The summed E-state index contributed by atoms with van der Waals surface area (Å²) in [6.45, 7) is 10.0. The van der Waals surface area contributed by atoms with Crippen LogP contribution < -0.4 is 5.32 Å². The normalized spacial score (nSPS) is 31.8. The Morgan fingerprint density at radius 3 is 2.92 bits per heavy atom. The van der Waals surface area contributed by atoms with Crippen molar-refractivity contribution in [3.63, 3.8) is 0 Å². The van der Waals surface area contributed by atoms with Crippen LogP contribution in [0.1, 0.15) is 20.3 Å². The van der Waals surface area contributed by atoms with Gasteiger partial charge in [-0.2, -0.15) is 0 Å². The van der Waals surface area contributed by atoms with E-state index in [1.54, 1.807) is 0 Å². The summed E-state index contributed by atoms with van der Waals surface area (Å²) >= 11 is 0. The van der Waals surface area contributed by atoms with Gasteiger partial charge >= 0.3 is 0 Å². The second kappa shape index (κ2) is 4.63. The summed E-state index contributed by atoms with van der Waals surface area (Å²) in [5.74, 6) is 0.659. The molecule has 12 heavy (non-hydrogen) atoms. The van der Waals surface area contributed by atoms with E-state index in [0.29, 0.717) is 18.1 Å². The summed E-state index contributed by atoms with van der Waals surface area (Å²) in [6, 6.07) is 0.326. The Morgan fingerprint density at radius 2 is 2.50 bits per heavy atom. The molecule has 0 radical (unpaired) electrons. The molecule has 0 aromatic heterocycles. The van der Waals surface area contributed by atoms with Gasteiger partial charge in [0, 0.05) is 6.61 Å². The molecule has 0 bridgehead atoms. The third kappa shape index (κ3) is 2.08. The van der Waals surface area contributed by atoms with Crippen molar-refractivity contribution in [2.24, 2.45) is 5.92 Å². The molecule has 0 aromatic rings. The molecule has 1 saturated heterocycles. The van der Waals surface area contributed by atoms with Gasteiger partial charge in [-0.05, 0) is 18.9 Å². The fourth-order valence-corrected chi connectivity index (χ4v) is 1.75. The number of likely N-dealkylation sites (N-methyl/N-ethyl adjacent to an activating group) is 1. The molecule has 0 spiro atoms. The van der Waals surface area contributed by atoms with E-state index in [9.17, 15) is 0 Å².